The van der Waals surface area contributed by atoms with Crippen molar-refractivity contribution in [1.29, 1.82) is 0 Å². The fourth-order valence-corrected chi connectivity index (χ4v) is 2.99. The summed E-state index contributed by atoms with van der Waals surface area (Å²) < 4.78 is 74.6. The number of pyridine rings is 1. The SMILES string of the molecule is COc1ncccc1CN1CCC2(CC1)CNC(=O)CO2.O=C(O)C(F)(F)F.O=C(O)C(F)(F)F. The fraction of sp³-hybridized carbons (Fsp3) is 0.579. The number of piperidine rings is 1. The highest BCUT2D eigenvalue weighted by Crippen LogP contribution is 2.29. The number of rotatable bonds is 3. The van der Waals surface area contributed by atoms with Crippen molar-refractivity contribution in [3.8, 4) is 5.88 Å². The number of amides is 1. The number of hydrogen-bond donors (Lipinski definition) is 3. The molecule has 2 fully saturated rings. The molecule has 3 heterocycles. The Morgan fingerprint density at radius 1 is 1.14 bits per heavy atom. The van der Waals surface area contributed by atoms with Crippen LogP contribution >= 0.6 is 0 Å². The van der Waals surface area contributed by atoms with Gasteiger partial charge in [-0.15, -0.1) is 0 Å². The Hall–Kier alpha value is -3.14. The molecule has 2 aliphatic heterocycles. The Bertz CT molecular complexity index is 835. The molecule has 3 N–H and O–H groups in total. The number of nitrogens with one attached hydrogen (secondary N) is 1. The number of halogens is 6. The zero-order chi connectivity index (χ0) is 26.9. The van der Waals surface area contributed by atoms with Gasteiger partial charge in [-0.2, -0.15) is 26.3 Å². The minimum Gasteiger partial charge on any atom is -0.481 e. The Kier molecular flexibility index (Phi) is 10.7. The largest absolute Gasteiger partial charge is 0.490 e. The van der Waals surface area contributed by atoms with Crippen molar-refractivity contribution in [1.82, 2.24) is 15.2 Å². The van der Waals surface area contributed by atoms with E-state index in [0.717, 1.165) is 38.0 Å². The minimum absolute atomic E-state index is 0.0110. The van der Waals surface area contributed by atoms with E-state index in [4.69, 9.17) is 29.3 Å². The van der Waals surface area contributed by atoms with E-state index in [0.29, 0.717) is 12.4 Å². The number of alkyl halides is 6. The van der Waals surface area contributed by atoms with Gasteiger partial charge in [0.2, 0.25) is 11.8 Å². The second-order valence-electron chi connectivity index (χ2n) is 7.30. The van der Waals surface area contributed by atoms with Crippen molar-refractivity contribution >= 4 is 17.8 Å². The first-order chi connectivity index (χ1) is 16.1. The van der Waals surface area contributed by atoms with Gasteiger partial charge in [-0.1, -0.05) is 6.07 Å². The maximum atomic E-state index is 11.2. The van der Waals surface area contributed by atoms with Crippen molar-refractivity contribution in [3.05, 3.63) is 23.9 Å². The Morgan fingerprint density at radius 3 is 2.06 bits per heavy atom. The number of nitrogens with zero attached hydrogens (tertiary/aromatic N) is 2. The predicted octanol–water partition coefficient (Wildman–Crippen LogP) is 1.84. The number of likely N-dealkylation sites (tertiary alicyclic amines) is 1. The molecule has 0 unspecified atom stereocenters. The number of aliphatic carboxylic acids is 2. The molecule has 198 valence electrons. The fourth-order valence-electron chi connectivity index (χ4n) is 2.99. The number of aromatic nitrogens is 1. The van der Waals surface area contributed by atoms with E-state index in [9.17, 15) is 31.1 Å². The zero-order valence-corrected chi connectivity index (χ0v) is 18.3. The first kappa shape index (κ1) is 29.9. The Labute approximate surface area is 194 Å². The van der Waals surface area contributed by atoms with Crippen molar-refractivity contribution in [3.63, 3.8) is 0 Å². The molecule has 2 aliphatic rings. The normalized spacial score (nSPS) is 17.7. The third-order valence-corrected chi connectivity index (χ3v) is 4.81. The number of methoxy groups -OCH3 is 1. The van der Waals surface area contributed by atoms with Crippen LogP contribution in [0.5, 0.6) is 5.88 Å². The number of carbonyl (C=O) groups is 3. The molecule has 1 spiro atoms. The van der Waals surface area contributed by atoms with E-state index >= 15 is 0 Å². The van der Waals surface area contributed by atoms with E-state index in [1.165, 1.54) is 0 Å². The first-order valence-corrected chi connectivity index (χ1v) is 9.81. The molecule has 1 aromatic rings. The van der Waals surface area contributed by atoms with Crippen LogP contribution in [-0.2, 0) is 25.7 Å². The van der Waals surface area contributed by atoms with Crippen molar-refractivity contribution in [2.24, 2.45) is 0 Å². The van der Waals surface area contributed by atoms with Gasteiger partial charge in [-0.3, -0.25) is 9.69 Å². The zero-order valence-electron chi connectivity index (χ0n) is 18.3. The molecule has 0 aromatic carbocycles. The molecular formula is C19H23F6N3O7. The number of carboxylic acid groups (broad SMARTS) is 2. The van der Waals surface area contributed by atoms with Crippen LogP contribution in [0.4, 0.5) is 26.3 Å². The summed E-state index contributed by atoms with van der Waals surface area (Å²) in [5, 5.41) is 17.2. The topological polar surface area (TPSA) is 138 Å². The molecule has 10 nitrogen and oxygen atoms in total. The van der Waals surface area contributed by atoms with Gasteiger partial charge in [0.15, 0.2) is 0 Å². The summed E-state index contributed by atoms with van der Waals surface area (Å²) in [4.78, 5) is 35.6. The lowest BCUT2D eigenvalue weighted by Gasteiger charge is -2.43. The van der Waals surface area contributed by atoms with Crippen LogP contribution < -0.4 is 10.1 Å². The summed E-state index contributed by atoms with van der Waals surface area (Å²) in [6.45, 7) is 3.56. The third-order valence-electron chi connectivity index (χ3n) is 4.81. The highest BCUT2D eigenvalue weighted by molar-refractivity contribution is 5.78. The molecule has 0 saturated carbocycles. The standard InChI is InChI=1S/C15H21N3O3.2C2HF3O2/c1-20-14-12(3-2-6-16-14)9-18-7-4-15(5-8-18)11-17-13(19)10-21-15;2*3-2(4,5)1(6)7/h2-3,6H,4-5,7-11H2,1H3,(H,17,19);2*(H,6,7). The summed E-state index contributed by atoms with van der Waals surface area (Å²) in [5.74, 6) is -4.83. The van der Waals surface area contributed by atoms with Crippen LogP contribution in [0.1, 0.15) is 18.4 Å². The van der Waals surface area contributed by atoms with Crippen LogP contribution in [0, 0.1) is 0 Å². The number of carbonyl (C=O) groups excluding carboxylic acids is 1. The first-order valence-electron chi connectivity index (χ1n) is 9.81. The summed E-state index contributed by atoms with van der Waals surface area (Å²) >= 11 is 0. The van der Waals surface area contributed by atoms with E-state index in [2.05, 4.69) is 15.2 Å². The maximum absolute atomic E-state index is 11.2. The van der Waals surface area contributed by atoms with E-state index in [1.807, 2.05) is 12.1 Å². The van der Waals surface area contributed by atoms with Crippen LogP contribution in [0.25, 0.3) is 0 Å². The van der Waals surface area contributed by atoms with Crippen LogP contribution in [-0.4, -0.2) is 89.2 Å². The second-order valence-corrected chi connectivity index (χ2v) is 7.30. The average molecular weight is 519 g/mol. The van der Waals surface area contributed by atoms with Crippen molar-refractivity contribution in [2.45, 2.75) is 37.3 Å². The van der Waals surface area contributed by atoms with Gasteiger partial charge in [-0.25, -0.2) is 14.6 Å². The van der Waals surface area contributed by atoms with Crippen LogP contribution in [0.3, 0.4) is 0 Å². The molecule has 0 aliphatic carbocycles. The average Bonchev–Trinajstić information content (AvgIpc) is 2.77. The second kappa shape index (κ2) is 12.5. The molecule has 1 amide bonds. The van der Waals surface area contributed by atoms with E-state index in [1.54, 1.807) is 13.3 Å². The smallest absolute Gasteiger partial charge is 0.481 e. The Morgan fingerprint density at radius 2 is 1.66 bits per heavy atom. The lowest BCUT2D eigenvalue weighted by Crippen LogP contribution is -2.57. The number of carboxylic acids is 2. The summed E-state index contributed by atoms with van der Waals surface area (Å²) in [6, 6.07) is 3.98. The van der Waals surface area contributed by atoms with Gasteiger partial charge < -0.3 is 25.0 Å². The molecular weight excluding hydrogens is 496 g/mol. The molecule has 1 aromatic heterocycles. The van der Waals surface area contributed by atoms with Crippen molar-refractivity contribution < 1.29 is 60.4 Å². The third kappa shape index (κ3) is 10.3. The lowest BCUT2D eigenvalue weighted by atomic mass is 9.90. The monoisotopic (exact) mass is 519 g/mol. The predicted molar refractivity (Wildman–Crippen MR) is 104 cm³/mol. The van der Waals surface area contributed by atoms with E-state index < -0.39 is 24.3 Å². The van der Waals surface area contributed by atoms with Crippen molar-refractivity contribution in [2.75, 3.05) is 33.4 Å². The summed E-state index contributed by atoms with van der Waals surface area (Å²) in [5.41, 5.74) is 0.942. The minimum atomic E-state index is -5.08. The number of hydrogen-bond acceptors (Lipinski definition) is 7. The highest BCUT2D eigenvalue weighted by atomic mass is 19.4. The Balaban J connectivity index is 0.000000362. The summed E-state index contributed by atoms with van der Waals surface area (Å²) in [7, 11) is 1.65. The lowest BCUT2D eigenvalue weighted by molar-refractivity contribution is -0.193. The summed E-state index contributed by atoms with van der Waals surface area (Å²) in [6.07, 6.45) is -6.54. The van der Waals surface area contributed by atoms with E-state index in [-0.39, 0.29) is 18.1 Å². The van der Waals surface area contributed by atoms with Gasteiger partial charge in [0.05, 0.1) is 12.7 Å². The van der Waals surface area contributed by atoms with Gasteiger partial charge in [-0.05, 0) is 18.9 Å². The van der Waals surface area contributed by atoms with Gasteiger partial charge in [0, 0.05) is 37.9 Å². The number of ether oxygens (including phenoxy) is 2. The molecule has 16 heteroatoms. The molecule has 0 bridgehead atoms. The molecule has 2 saturated heterocycles. The van der Waals surface area contributed by atoms with Crippen LogP contribution in [0.15, 0.2) is 18.3 Å². The van der Waals surface area contributed by atoms with Gasteiger partial charge in [0.25, 0.3) is 0 Å². The molecule has 0 radical (unpaired) electrons. The molecule has 3 rings (SSSR count). The van der Waals surface area contributed by atoms with Crippen LogP contribution in [0.2, 0.25) is 0 Å². The quantitative estimate of drug-likeness (QED) is 0.511. The van der Waals surface area contributed by atoms with Gasteiger partial charge >= 0.3 is 24.3 Å². The molecule has 35 heavy (non-hydrogen) atoms. The number of morpholine rings is 1. The maximum Gasteiger partial charge on any atom is 0.490 e. The molecule has 0 atom stereocenters. The van der Waals surface area contributed by atoms with Gasteiger partial charge in [0.1, 0.15) is 6.61 Å². The highest BCUT2D eigenvalue weighted by Gasteiger charge is 2.40.